The molecule has 1 aromatic carbocycles. The molecule has 1 amide bonds. The van der Waals surface area contributed by atoms with Gasteiger partial charge in [-0.3, -0.25) is 4.79 Å². The summed E-state index contributed by atoms with van der Waals surface area (Å²) in [6.45, 7) is 1.78. The molecule has 1 aliphatic heterocycles. The minimum atomic E-state index is -0.325. The van der Waals surface area contributed by atoms with Crippen LogP contribution in [-0.4, -0.2) is 40.3 Å². The van der Waals surface area contributed by atoms with E-state index in [9.17, 15) is 14.4 Å². The van der Waals surface area contributed by atoms with Gasteiger partial charge in [0.1, 0.15) is 17.7 Å². The van der Waals surface area contributed by atoms with Gasteiger partial charge in [-0.1, -0.05) is 0 Å². The molecule has 2 N–H and O–H groups in total. The van der Waals surface area contributed by atoms with Gasteiger partial charge in [0.2, 0.25) is 0 Å². The van der Waals surface area contributed by atoms with E-state index in [0.29, 0.717) is 28.6 Å². The van der Waals surface area contributed by atoms with Crippen molar-refractivity contribution in [3.8, 4) is 11.8 Å². The Balaban J connectivity index is 1.44. The molecule has 0 bridgehead atoms. The molecule has 0 unspecified atom stereocenters. The first-order valence-corrected chi connectivity index (χ1v) is 10.6. The molecule has 0 saturated carbocycles. The number of rotatable bonds is 6. The van der Waals surface area contributed by atoms with Gasteiger partial charge in [-0.05, 0) is 61.6 Å². The maximum Gasteiger partial charge on any atom is 0.257 e. The third-order valence-corrected chi connectivity index (χ3v) is 5.78. The lowest BCUT2D eigenvalue weighted by Crippen LogP contribution is -2.35. The molecule has 0 radical (unpaired) electrons. The second kappa shape index (κ2) is 9.62. The number of nitriles is 1. The zero-order valence-corrected chi connectivity index (χ0v) is 17.5. The predicted molar refractivity (Wildman–Crippen MR) is 119 cm³/mol. The number of piperidine rings is 1. The van der Waals surface area contributed by atoms with Crippen LogP contribution < -0.4 is 10.2 Å². The number of amides is 1. The molecule has 0 aliphatic carbocycles. The number of halogens is 1. The maximum absolute atomic E-state index is 13.1. The molecular formula is C24H24FN5O2. The molecule has 2 aromatic heterocycles. The van der Waals surface area contributed by atoms with E-state index < -0.39 is 0 Å². The number of carbonyl (C=O) groups excluding carboxylic acids is 1. The number of carbonyl (C=O) groups is 1. The number of nitrogens with zero attached hydrogens (tertiary/aromatic N) is 4. The number of aromatic nitrogens is 2. The Morgan fingerprint density at radius 3 is 2.69 bits per heavy atom. The Morgan fingerprint density at radius 1 is 1.25 bits per heavy atom. The number of pyridine rings is 1. The van der Waals surface area contributed by atoms with Crippen LogP contribution in [0.3, 0.4) is 0 Å². The molecule has 164 valence electrons. The van der Waals surface area contributed by atoms with Crippen LogP contribution in [-0.2, 0) is 0 Å². The first-order chi connectivity index (χ1) is 15.6. The second-order valence-electron chi connectivity index (χ2n) is 7.89. The highest BCUT2D eigenvalue weighted by Crippen LogP contribution is 2.27. The van der Waals surface area contributed by atoms with E-state index in [2.05, 4.69) is 21.3 Å². The highest BCUT2D eigenvalue weighted by molar-refractivity contribution is 6.04. The molecule has 1 aliphatic rings. The van der Waals surface area contributed by atoms with Crippen LogP contribution in [0.1, 0.15) is 35.2 Å². The summed E-state index contributed by atoms with van der Waals surface area (Å²) < 4.78 is 14.9. The molecule has 3 aromatic rings. The van der Waals surface area contributed by atoms with E-state index in [1.165, 1.54) is 12.1 Å². The van der Waals surface area contributed by atoms with Gasteiger partial charge in [-0.15, -0.1) is 0 Å². The Morgan fingerprint density at radius 2 is 2.00 bits per heavy atom. The van der Waals surface area contributed by atoms with E-state index in [4.69, 9.17) is 5.11 Å². The third-order valence-electron chi connectivity index (χ3n) is 5.78. The molecule has 3 heterocycles. The SMILES string of the molecule is N#Cc1cc(NC(=O)c2ccn(-c3ccc(F)cc3)c2)cnc1N1CCC(CCO)CC1. The Bertz CT molecular complexity index is 1130. The topological polar surface area (TPSA) is 94.2 Å². The number of nitrogens with one attached hydrogen (secondary N) is 1. The predicted octanol–water partition coefficient (Wildman–Crippen LogP) is 3.73. The van der Waals surface area contributed by atoms with Crippen molar-refractivity contribution in [3.63, 3.8) is 0 Å². The zero-order chi connectivity index (χ0) is 22.5. The van der Waals surface area contributed by atoms with Gasteiger partial charge in [-0.2, -0.15) is 5.26 Å². The lowest BCUT2D eigenvalue weighted by atomic mass is 9.94. The lowest BCUT2D eigenvalue weighted by Gasteiger charge is -2.33. The number of aliphatic hydroxyl groups is 1. The number of hydrogen-bond donors (Lipinski definition) is 2. The van der Waals surface area contributed by atoms with E-state index in [0.717, 1.165) is 38.0 Å². The van der Waals surface area contributed by atoms with E-state index in [-0.39, 0.29) is 18.3 Å². The van der Waals surface area contributed by atoms with Crippen molar-refractivity contribution in [2.75, 3.05) is 29.9 Å². The molecule has 4 rings (SSSR count). The summed E-state index contributed by atoms with van der Waals surface area (Å²) in [7, 11) is 0. The summed E-state index contributed by atoms with van der Waals surface area (Å²) in [6, 6.07) is 11.5. The quantitative estimate of drug-likeness (QED) is 0.618. The van der Waals surface area contributed by atoms with Gasteiger partial charge in [0, 0.05) is 37.8 Å². The van der Waals surface area contributed by atoms with Crippen LogP contribution in [0.5, 0.6) is 0 Å². The normalized spacial score (nSPS) is 14.2. The third kappa shape index (κ3) is 4.79. The minimum absolute atomic E-state index is 0.202. The monoisotopic (exact) mass is 433 g/mol. The van der Waals surface area contributed by atoms with Crippen LogP contribution in [0.4, 0.5) is 15.9 Å². The van der Waals surface area contributed by atoms with Crippen molar-refractivity contribution in [1.29, 1.82) is 5.26 Å². The van der Waals surface area contributed by atoms with Crippen molar-refractivity contribution in [3.05, 3.63) is 71.9 Å². The summed E-state index contributed by atoms with van der Waals surface area (Å²) in [5.41, 5.74) is 2.03. The minimum Gasteiger partial charge on any atom is -0.396 e. The van der Waals surface area contributed by atoms with Crippen molar-refractivity contribution in [2.45, 2.75) is 19.3 Å². The highest BCUT2D eigenvalue weighted by atomic mass is 19.1. The fourth-order valence-electron chi connectivity index (χ4n) is 3.98. The summed E-state index contributed by atoms with van der Waals surface area (Å²) in [5.74, 6) is 0.477. The van der Waals surface area contributed by atoms with Crippen molar-refractivity contribution >= 4 is 17.4 Å². The average Bonchev–Trinajstić information content (AvgIpc) is 3.31. The van der Waals surface area contributed by atoms with Crippen LogP contribution in [0.25, 0.3) is 5.69 Å². The molecule has 8 heteroatoms. The van der Waals surface area contributed by atoms with Crippen molar-refractivity contribution < 1.29 is 14.3 Å². The van der Waals surface area contributed by atoms with Gasteiger partial charge in [0.15, 0.2) is 0 Å². The molecule has 0 atom stereocenters. The largest absolute Gasteiger partial charge is 0.396 e. The van der Waals surface area contributed by atoms with Crippen molar-refractivity contribution in [2.24, 2.45) is 5.92 Å². The molecule has 1 saturated heterocycles. The first kappa shape index (κ1) is 21.5. The van der Waals surface area contributed by atoms with Crippen molar-refractivity contribution in [1.82, 2.24) is 9.55 Å². The summed E-state index contributed by atoms with van der Waals surface area (Å²) >= 11 is 0. The van der Waals surface area contributed by atoms with Gasteiger partial charge in [0.25, 0.3) is 5.91 Å². The van der Waals surface area contributed by atoms with E-state index in [1.807, 2.05) is 0 Å². The highest BCUT2D eigenvalue weighted by Gasteiger charge is 2.22. The molecule has 1 fully saturated rings. The summed E-state index contributed by atoms with van der Waals surface area (Å²) in [4.78, 5) is 19.2. The number of hydrogen-bond acceptors (Lipinski definition) is 5. The van der Waals surface area contributed by atoms with Gasteiger partial charge in [0.05, 0.1) is 23.0 Å². The maximum atomic E-state index is 13.1. The average molecular weight is 433 g/mol. The smallest absolute Gasteiger partial charge is 0.257 e. The molecule has 7 nitrogen and oxygen atoms in total. The first-order valence-electron chi connectivity index (χ1n) is 10.6. The molecular weight excluding hydrogens is 409 g/mol. The van der Waals surface area contributed by atoms with Gasteiger partial charge < -0.3 is 19.9 Å². The second-order valence-corrected chi connectivity index (χ2v) is 7.89. The van der Waals surface area contributed by atoms with Crippen LogP contribution in [0.15, 0.2) is 55.0 Å². The van der Waals surface area contributed by atoms with Gasteiger partial charge >= 0.3 is 0 Å². The standard InChI is InChI=1S/C24H24FN5O2/c25-20-1-3-22(4-2-20)30-11-7-18(16-30)24(32)28-21-13-19(14-26)23(27-15-21)29-9-5-17(6-10-29)8-12-31/h1-4,7,11,13,15-17,31H,5-6,8-10,12H2,(H,28,32). The van der Waals surface area contributed by atoms with Gasteiger partial charge in [-0.25, -0.2) is 9.37 Å². The summed E-state index contributed by atoms with van der Waals surface area (Å²) in [6.07, 6.45) is 7.66. The Kier molecular flexibility index (Phi) is 6.47. The fourth-order valence-corrected chi connectivity index (χ4v) is 3.98. The lowest BCUT2D eigenvalue weighted by molar-refractivity contribution is 0.102. The molecule has 0 spiro atoms. The Labute approximate surface area is 185 Å². The van der Waals surface area contributed by atoms with Crippen LogP contribution in [0.2, 0.25) is 0 Å². The fraction of sp³-hybridized carbons (Fsp3) is 0.292. The number of anilines is 2. The number of aliphatic hydroxyl groups excluding tert-OH is 1. The van der Waals surface area contributed by atoms with Crippen LogP contribution in [0, 0.1) is 23.1 Å². The summed E-state index contributed by atoms with van der Waals surface area (Å²) in [5, 5.41) is 21.5. The van der Waals surface area contributed by atoms with E-state index in [1.54, 1.807) is 47.4 Å². The number of benzene rings is 1. The Hall–Kier alpha value is -3.70. The van der Waals surface area contributed by atoms with Crippen LogP contribution >= 0.6 is 0 Å². The molecule has 32 heavy (non-hydrogen) atoms. The zero-order valence-electron chi connectivity index (χ0n) is 17.5. The van der Waals surface area contributed by atoms with E-state index >= 15 is 0 Å².